The molecule has 1 aromatic heterocycles. The molecule has 0 saturated heterocycles. The number of hydrogen-bond donors (Lipinski definition) is 1. The third-order valence-corrected chi connectivity index (χ3v) is 6.25. The lowest BCUT2D eigenvalue weighted by molar-refractivity contribution is 0.0955. The molecule has 0 aliphatic heterocycles. The number of hydrogen-bond acceptors (Lipinski definition) is 4. The van der Waals surface area contributed by atoms with Crippen molar-refractivity contribution in [2.75, 3.05) is 13.7 Å². The molecule has 1 amide bonds. The van der Waals surface area contributed by atoms with Gasteiger partial charge in [0, 0.05) is 16.9 Å². The maximum absolute atomic E-state index is 12.6. The number of nitrogens with zero attached hydrogens (tertiary/aromatic N) is 2. The van der Waals surface area contributed by atoms with Crippen LogP contribution < -0.4 is 14.9 Å². The van der Waals surface area contributed by atoms with Gasteiger partial charge in [-0.1, -0.05) is 30.3 Å². The Morgan fingerprint density at radius 3 is 2.49 bits per heavy atom. The molecular formula is C28H26IN3O3. The van der Waals surface area contributed by atoms with Crippen LogP contribution in [0.2, 0.25) is 0 Å². The first kappa shape index (κ1) is 24.5. The first-order valence-electron chi connectivity index (χ1n) is 11.2. The molecule has 0 spiro atoms. The minimum atomic E-state index is -0.284. The number of amides is 1. The smallest absolute Gasteiger partial charge is 0.271 e. The van der Waals surface area contributed by atoms with E-state index in [1.165, 1.54) is 0 Å². The van der Waals surface area contributed by atoms with Crippen molar-refractivity contribution in [1.29, 1.82) is 0 Å². The number of halogens is 1. The maximum Gasteiger partial charge on any atom is 0.271 e. The summed E-state index contributed by atoms with van der Waals surface area (Å²) in [7, 11) is 1.61. The van der Waals surface area contributed by atoms with Crippen molar-refractivity contribution in [3.05, 3.63) is 99.3 Å². The highest BCUT2D eigenvalue weighted by atomic mass is 127. The molecule has 3 aromatic carbocycles. The molecule has 0 bridgehead atoms. The number of benzene rings is 3. The van der Waals surface area contributed by atoms with Crippen molar-refractivity contribution >= 4 is 34.7 Å². The number of rotatable bonds is 8. The molecule has 0 aliphatic rings. The molecule has 35 heavy (non-hydrogen) atoms. The number of aromatic nitrogens is 1. The molecule has 0 atom stereocenters. The van der Waals surface area contributed by atoms with Gasteiger partial charge >= 0.3 is 0 Å². The third kappa shape index (κ3) is 5.57. The average Bonchev–Trinajstić information content (AvgIpc) is 3.26. The predicted molar refractivity (Wildman–Crippen MR) is 148 cm³/mol. The highest BCUT2D eigenvalue weighted by Gasteiger charge is 2.12. The molecule has 1 N–H and O–H groups in total. The monoisotopic (exact) mass is 579 g/mol. The quantitative estimate of drug-likeness (QED) is 0.153. The number of ether oxygens (including phenoxy) is 2. The summed E-state index contributed by atoms with van der Waals surface area (Å²) in [6.07, 6.45) is 1.59. The summed E-state index contributed by atoms with van der Waals surface area (Å²) in [5.41, 5.74) is 8.26. The van der Waals surface area contributed by atoms with Gasteiger partial charge in [0.05, 0.1) is 29.2 Å². The Morgan fingerprint density at radius 1 is 1.06 bits per heavy atom. The average molecular weight is 579 g/mol. The van der Waals surface area contributed by atoms with Crippen molar-refractivity contribution in [2.45, 2.75) is 13.8 Å². The summed E-state index contributed by atoms with van der Waals surface area (Å²) >= 11 is 2.19. The Balaban J connectivity index is 1.48. The van der Waals surface area contributed by atoms with Gasteiger partial charge in [-0.05, 0) is 96.1 Å². The Morgan fingerprint density at radius 2 is 1.80 bits per heavy atom. The standard InChI is InChI=1S/C28H26IN3O3/c1-4-35-26-17-20(16-24(29)27(26)34-3)18-30-31-28(33)22-11-13-23(14-12-22)32-19(2)10-15-25(32)21-8-6-5-7-9-21/h5-18H,4H2,1-3H3,(H,31,33)/b30-18+. The Bertz CT molecular complexity index is 1350. The van der Waals surface area contributed by atoms with Crippen LogP contribution in [0.1, 0.15) is 28.5 Å². The van der Waals surface area contributed by atoms with Crippen molar-refractivity contribution in [3.8, 4) is 28.4 Å². The fraction of sp³-hybridized carbons (Fsp3) is 0.143. The maximum atomic E-state index is 12.6. The molecule has 0 aliphatic carbocycles. The summed E-state index contributed by atoms with van der Waals surface area (Å²) in [6, 6.07) is 25.7. The van der Waals surface area contributed by atoms with E-state index in [4.69, 9.17) is 9.47 Å². The molecule has 7 heteroatoms. The van der Waals surface area contributed by atoms with Gasteiger partial charge in [-0.25, -0.2) is 5.43 Å². The molecular weight excluding hydrogens is 553 g/mol. The molecule has 178 valence electrons. The minimum Gasteiger partial charge on any atom is -0.492 e. The van der Waals surface area contributed by atoms with Gasteiger partial charge in [0.15, 0.2) is 11.5 Å². The number of carbonyl (C=O) groups excluding carboxylic acids is 1. The van der Waals surface area contributed by atoms with E-state index in [9.17, 15) is 4.79 Å². The van der Waals surface area contributed by atoms with Crippen molar-refractivity contribution in [2.24, 2.45) is 5.10 Å². The molecule has 6 nitrogen and oxygen atoms in total. The first-order chi connectivity index (χ1) is 17.0. The predicted octanol–water partition coefficient (Wildman–Crippen LogP) is 6.23. The summed E-state index contributed by atoms with van der Waals surface area (Å²) in [6.45, 7) is 4.51. The second-order valence-corrected chi connectivity index (χ2v) is 8.94. The fourth-order valence-corrected chi connectivity index (χ4v) is 4.68. The number of carbonyl (C=O) groups is 1. The van der Waals surface area contributed by atoms with Crippen LogP contribution in [0.15, 0.2) is 84.0 Å². The normalized spacial score (nSPS) is 11.0. The largest absolute Gasteiger partial charge is 0.492 e. The van der Waals surface area contributed by atoms with Gasteiger partial charge in [0.25, 0.3) is 5.91 Å². The minimum absolute atomic E-state index is 0.284. The highest BCUT2D eigenvalue weighted by molar-refractivity contribution is 14.1. The molecule has 0 saturated carbocycles. The van der Waals surface area contributed by atoms with E-state index < -0.39 is 0 Å². The lowest BCUT2D eigenvalue weighted by atomic mass is 10.1. The van der Waals surface area contributed by atoms with Crippen LogP contribution in [0.4, 0.5) is 0 Å². The van der Waals surface area contributed by atoms with E-state index in [2.05, 4.69) is 68.9 Å². The number of aryl methyl sites for hydroxylation is 1. The number of nitrogens with one attached hydrogen (secondary N) is 1. The van der Waals surface area contributed by atoms with Gasteiger partial charge in [0.2, 0.25) is 0 Å². The van der Waals surface area contributed by atoms with Crippen molar-refractivity contribution < 1.29 is 14.3 Å². The SMILES string of the molecule is CCOc1cc(/C=N/NC(=O)c2ccc(-n3c(C)ccc3-c3ccccc3)cc2)cc(I)c1OC. The lowest BCUT2D eigenvalue weighted by Gasteiger charge is -2.13. The van der Waals surface area contributed by atoms with E-state index in [1.54, 1.807) is 25.5 Å². The topological polar surface area (TPSA) is 64.8 Å². The number of hydrazone groups is 1. The fourth-order valence-electron chi connectivity index (χ4n) is 3.83. The van der Waals surface area contributed by atoms with E-state index in [1.807, 2.05) is 49.4 Å². The van der Waals surface area contributed by atoms with Gasteiger partial charge in [-0.15, -0.1) is 0 Å². The second kappa shape index (κ2) is 11.2. The van der Waals surface area contributed by atoms with Gasteiger partial charge in [-0.3, -0.25) is 4.79 Å². The molecule has 4 rings (SSSR count). The molecule has 1 heterocycles. The second-order valence-electron chi connectivity index (χ2n) is 7.77. The van der Waals surface area contributed by atoms with Crippen molar-refractivity contribution in [3.63, 3.8) is 0 Å². The molecule has 4 aromatic rings. The van der Waals surface area contributed by atoms with Crippen LogP contribution in [0.5, 0.6) is 11.5 Å². The summed E-state index contributed by atoms with van der Waals surface area (Å²) in [5, 5.41) is 4.13. The van der Waals surface area contributed by atoms with Gasteiger partial charge in [0.1, 0.15) is 0 Å². The van der Waals surface area contributed by atoms with E-state index in [-0.39, 0.29) is 5.91 Å². The van der Waals surface area contributed by atoms with Crippen LogP contribution >= 0.6 is 22.6 Å². The highest BCUT2D eigenvalue weighted by Crippen LogP contribution is 2.33. The van der Waals surface area contributed by atoms with E-state index in [0.29, 0.717) is 23.7 Å². The molecule has 0 fully saturated rings. The van der Waals surface area contributed by atoms with Crippen LogP contribution in [0.3, 0.4) is 0 Å². The van der Waals surface area contributed by atoms with Crippen LogP contribution in [-0.4, -0.2) is 30.4 Å². The van der Waals surface area contributed by atoms with E-state index in [0.717, 1.165) is 31.8 Å². The summed E-state index contributed by atoms with van der Waals surface area (Å²) in [4.78, 5) is 12.6. The van der Waals surface area contributed by atoms with Crippen LogP contribution in [0.25, 0.3) is 16.9 Å². The van der Waals surface area contributed by atoms with Gasteiger partial charge < -0.3 is 14.0 Å². The zero-order valence-electron chi connectivity index (χ0n) is 19.8. The summed E-state index contributed by atoms with van der Waals surface area (Å²) in [5.74, 6) is 1.04. The Labute approximate surface area is 218 Å². The molecule has 0 radical (unpaired) electrons. The van der Waals surface area contributed by atoms with Crippen LogP contribution in [0, 0.1) is 10.5 Å². The van der Waals surface area contributed by atoms with E-state index >= 15 is 0 Å². The Kier molecular flexibility index (Phi) is 7.87. The first-order valence-corrected chi connectivity index (χ1v) is 12.3. The van der Waals surface area contributed by atoms with Gasteiger partial charge in [-0.2, -0.15) is 5.10 Å². The molecule has 0 unspecified atom stereocenters. The zero-order valence-corrected chi connectivity index (χ0v) is 21.9. The summed E-state index contributed by atoms with van der Waals surface area (Å²) < 4.78 is 14.1. The van der Waals surface area contributed by atoms with Crippen LogP contribution in [-0.2, 0) is 0 Å². The van der Waals surface area contributed by atoms with Crippen molar-refractivity contribution in [1.82, 2.24) is 9.99 Å². The lowest BCUT2D eigenvalue weighted by Crippen LogP contribution is -2.17. The third-order valence-electron chi connectivity index (χ3n) is 5.45. The number of methoxy groups -OCH3 is 1. The Hall–Kier alpha value is -3.59. The zero-order chi connectivity index (χ0) is 24.8.